The Morgan fingerprint density at radius 1 is 1.35 bits per heavy atom. The third-order valence-corrected chi connectivity index (χ3v) is 4.18. The van der Waals surface area contributed by atoms with Gasteiger partial charge in [-0.25, -0.2) is 4.98 Å². The molecule has 1 heterocycles. The molecule has 2 rings (SSSR count). The van der Waals surface area contributed by atoms with E-state index in [4.69, 9.17) is 9.47 Å². The first-order valence-corrected chi connectivity index (χ1v) is 7.98. The maximum atomic E-state index is 12.1. The van der Waals surface area contributed by atoms with Gasteiger partial charge in [0.2, 0.25) is 5.91 Å². The van der Waals surface area contributed by atoms with E-state index in [0.717, 1.165) is 21.2 Å². The minimum absolute atomic E-state index is 0.173. The number of nitrogens with zero attached hydrogens (tertiary/aromatic N) is 1. The zero-order valence-corrected chi connectivity index (χ0v) is 14.4. The third-order valence-electron chi connectivity index (χ3n) is 3.30. The maximum Gasteiger partial charge on any atom is 0.244 e. The van der Waals surface area contributed by atoms with Crippen LogP contribution in [-0.4, -0.2) is 25.1 Å². The highest BCUT2D eigenvalue weighted by Gasteiger charge is 2.14. The predicted molar refractivity (Wildman–Crippen MR) is 92.0 cm³/mol. The summed E-state index contributed by atoms with van der Waals surface area (Å²) in [4.78, 5) is 17.2. The van der Waals surface area contributed by atoms with Gasteiger partial charge < -0.3 is 14.8 Å². The number of hydrogen-bond acceptors (Lipinski definition) is 5. The van der Waals surface area contributed by atoms with Gasteiger partial charge in [0.05, 0.1) is 25.3 Å². The quantitative estimate of drug-likeness (QED) is 0.824. The lowest BCUT2D eigenvalue weighted by Gasteiger charge is -2.17. The lowest BCUT2D eigenvalue weighted by Crippen LogP contribution is -2.25. The molecule has 0 fully saturated rings. The number of carbonyl (C=O) groups is 1. The van der Waals surface area contributed by atoms with E-state index in [1.165, 1.54) is 6.08 Å². The average Bonchev–Trinajstić information content (AvgIpc) is 2.97. The highest BCUT2D eigenvalue weighted by atomic mass is 32.1. The Kier molecular flexibility index (Phi) is 5.76. The number of aromatic nitrogens is 1. The fraction of sp³-hybridized carbons (Fsp3) is 0.294. The summed E-state index contributed by atoms with van der Waals surface area (Å²) in [7, 11) is 3.21. The van der Waals surface area contributed by atoms with Gasteiger partial charge in [-0.05, 0) is 38.1 Å². The first-order chi connectivity index (χ1) is 11.0. The standard InChI is InChI=1S/C17H20N2O3S/c1-11(15-9-13(21-3)5-7-16(15)22-4)19-17(20)8-6-14-10-18-12(2)23-14/h5-11H,1-4H3,(H,19,20). The van der Waals surface area contributed by atoms with E-state index in [2.05, 4.69) is 10.3 Å². The maximum absolute atomic E-state index is 12.1. The van der Waals surface area contributed by atoms with E-state index in [-0.39, 0.29) is 11.9 Å². The van der Waals surface area contributed by atoms with Gasteiger partial charge in [-0.3, -0.25) is 4.79 Å². The van der Waals surface area contributed by atoms with Crippen molar-refractivity contribution >= 4 is 23.3 Å². The number of aryl methyl sites for hydroxylation is 1. The number of methoxy groups -OCH3 is 2. The van der Waals surface area contributed by atoms with Crippen molar-refractivity contribution in [3.05, 3.63) is 45.9 Å². The fourth-order valence-electron chi connectivity index (χ4n) is 2.13. The van der Waals surface area contributed by atoms with Gasteiger partial charge in [0, 0.05) is 22.7 Å². The molecule has 23 heavy (non-hydrogen) atoms. The van der Waals surface area contributed by atoms with Crippen LogP contribution in [0, 0.1) is 6.92 Å². The van der Waals surface area contributed by atoms with E-state index in [1.807, 2.05) is 32.0 Å². The lowest BCUT2D eigenvalue weighted by molar-refractivity contribution is -0.117. The summed E-state index contributed by atoms with van der Waals surface area (Å²) in [6.45, 7) is 3.83. The molecule has 0 aliphatic rings. The first kappa shape index (κ1) is 17.0. The van der Waals surface area contributed by atoms with Gasteiger partial charge in [0.25, 0.3) is 0 Å². The van der Waals surface area contributed by atoms with Crippen molar-refractivity contribution in [2.24, 2.45) is 0 Å². The van der Waals surface area contributed by atoms with Crippen molar-refractivity contribution in [3.8, 4) is 11.5 Å². The number of thiazole rings is 1. The molecule has 0 aliphatic carbocycles. The lowest BCUT2D eigenvalue weighted by atomic mass is 10.1. The predicted octanol–water partition coefficient (Wildman–Crippen LogP) is 3.36. The van der Waals surface area contributed by atoms with Gasteiger partial charge >= 0.3 is 0 Å². The molecule has 6 heteroatoms. The molecule has 1 amide bonds. The topological polar surface area (TPSA) is 60.5 Å². The fourth-order valence-corrected chi connectivity index (χ4v) is 2.82. The Morgan fingerprint density at radius 3 is 2.74 bits per heavy atom. The van der Waals surface area contributed by atoms with E-state index < -0.39 is 0 Å². The second kappa shape index (κ2) is 7.78. The van der Waals surface area contributed by atoms with Crippen LogP contribution in [0.1, 0.15) is 28.4 Å². The van der Waals surface area contributed by atoms with Crippen LogP contribution >= 0.6 is 11.3 Å². The number of benzene rings is 1. The Balaban J connectivity index is 2.07. The van der Waals surface area contributed by atoms with Crippen LogP contribution in [0.3, 0.4) is 0 Å². The third kappa shape index (κ3) is 4.56. The monoisotopic (exact) mass is 332 g/mol. The van der Waals surface area contributed by atoms with Gasteiger partial charge in [0.1, 0.15) is 11.5 Å². The normalized spacial score (nSPS) is 12.2. The van der Waals surface area contributed by atoms with E-state index in [9.17, 15) is 4.79 Å². The minimum atomic E-state index is -0.208. The van der Waals surface area contributed by atoms with Crippen molar-refractivity contribution in [1.29, 1.82) is 0 Å². The second-order valence-corrected chi connectivity index (χ2v) is 6.22. The number of hydrogen-bond donors (Lipinski definition) is 1. The Labute approximate surface area is 140 Å². The SMILES string of the molecule is COc1ccc(OC)c(C(C)NC(=O)C=Cc2cnc(C)s2)c1. The summed E-state index contributed by atoms with van der Waals surface area (Å²) < 4.78 is 10.6. The molecule has 122 valence electrons. The molecule has 0 radical (unpaired) electrons. The van der Waals surface area contributed by atoms with Gasteiger partial charge in [-0.1, -0.05) is 0 Å². The Bertz CT molecular complexity index is 710. The van der Waals surface area contributed by atoms with Crippen LogP contribution < -0.4 is 14.8 Å². The van der Waals surface area contributed by atoms with Crippen molar-refractivity contribution < 1.29 is 14.3 Å². The molecule has 1 aromatic carbocycles. The number of nitrogens with one attached hydrogen (secondary N) is 1. The molecule has 1 atom stereocenters. The molecule has 0 spiro atoms. The Hall–Kier alpha value is -2.34. The molecule has 1 aromatic heterocycles. The molecule has 5 nitrogen and oxygen atoms in total. The summed E-state index contributed by atoms with van der Waals surface area (Å²) in [6, 6.07) is 5.30. The van der Waals surface area contributed by atoms with Gasteiger partial charge in [-0.2, -0.15) is 0 Å². The van der Waals surface area contributed by atoms with Crippen LogP contribution in [0.4, 0.5) is 0 Å². The molecular formula is C17H20N2O3S. The van der Waals surface area contributed by atoms with Crippen molar-refractivity contribution in [3.63, 3.8) is 0 Å². The summed E-state index contributed by atoms with van der Waals surface area (Å²) >= 11 is 1.54. The van der Waals surface area contributed by atoms with Crippen LogP contribution in [0.25, 0.3) is 6.08 Å². The van der Waals surface area contributed by atoms with E-state index in [1.54, 1.807) is 37.8 Å². The van der Waals surface area contributed by atoms with Crippen molar-refractivity contribution in [1.82, 2.24) is 10.3 Å². The molecule has 0 saturated heterocycles. The second-order valence-electron chi connectivity index (χ2n) is 4.95. The molecule has 2 aromatic rings. The smallest absolute Gasteiger partial charge is 0.244 e. The molecule has 0 bridgehead atoms. The van der Waals surface area contributed by atoms with Crippen LogP contribution in [0.5, 0.6) is 11.5 Å². The Morgan fingerprint density at radius 2 is 2.13 bits per heavy atom. The molecule has 1 unspecified atom stereocenters. The number of amides is 1. The summed E-state index contributed by atoms with van der Waals surface area (Å²) in [5.41, 5.74) is 0.863. The molecule has 0 aliphatic heterocycles. The molecule has 1 N–H and O–H groups in total. The van der Waals surface area contributed by atoms with Crippen LogP contribution in [0.15, 0.2) is 30.5 Å². The van der Waals surface area contributed by atoms with E-state index in [0.29, 0.717) is 5.75 Å². The number of rotatable bonds is 6. The minimum Gasteiger partial charge on any atom is -0.497 e. The largest absolute Gasteiger partial charge is 0.497 e. The van der Waals surface area contributed by atoms with Crippen LogP contribution in [0.2, 0.25) is 0 Å². The average molecular weight is 332 g/mol. The molecular weight excluding hydrogens is 312 g/mol. The molecule has 0 saturated carbocycles. The summed E-state index contributed by atoms with van der Waals surface area (Å²) in [5, 5.41) is 3.89. The van der Waals surface area contributed by atoms with Crippen LogP contribution in [-0.2, 0) is 4.79 Å². The first-order valence-electron chi connectivity index (χ1n) is 7.16. The highest BCUT2D eigenvalue weighted by Crippen LogP contribution is 2.29. The van der Waals surface area contributed by atoms with Gasteiger partial charge in [0.15, 0.2) is 0 Å². The summed E-state index contributed by atoms with van der Waals surface area (Å²) in [6.07, 6.45) is 5.02. The number of carbonyl (C=O) groups excluding carboxylic acids is 1. The van der Waals surface area contributed by atoms with Crippen molar-refractivity contribution in [2.45, 2.75) is 19.9 Å². The highest BCUT2D eigenvalue weighted by molar-refractivity contribution is 7.12. The van der Waals surface area contributed by atoms with E-state index >= 15 is 0 Å². The van der Waals surface area contributed by atoms with Crippen molar-refractivity contribution in [2.75, 3.05) is 14.2 Å². The zero-order valence-electron chi connectivity index (χ0n) is 13.6. The zero-order chi connectivity index (χ0) is 16.8. The summed E-state index contributed by atoms with van der Waals surface area (Å²) in [5.74, 6) is 1.26. The number of ether oxygens (including phenoxy) is 2. The van der Waals surface area contributed by atoms with Gasteiger partial charge in [-0.15, -0.1) is 11.3 Å².